The number of aromatic nitrogens is 1. The van der Waals surface area contributed by atoms with E-state index in [1.807, 2.05) is 36.4 Å². The molecule has 0 aliphatic rings. The molecule has 0 spiro atoms. The van der Waals surface area contributed by atoms with E-state index in [0.29, 0.717) is 11.1 Å². The Morgan fingerprint density at radius 1 is 1.24 bits per heavy atom. The van der Waals surface area contributed by atoms with Crippen molar-refractivity contribution in [3.63, 3.8) is 0 Å². The fraction of sp³-hybridized carbons (Fsp3) is 0.188. The lowest BCUT2D eigenvalue weighted by molar-refractivity contribution is 0.408. The fourth-order valence-corrected chi connectivity index (χ4v) is 2.39. The lowest BCUT2D eigenvalue weighted by Crippen LogP contribution is -2.08. The number of para-hydroxylation sites is 1. The molecule has 1 atom stereocenters. The number of benzene rings is 2. The number of oxazole rings is 1. The number of anilines is 1. The van der Waals surface area contributed by atoms with Gasteiger partial charge in [-0.1, -0.05) is 18.2 Å². The van der Waals surface area contributed by atoms with Gasteiger partial charge in [0.1, 0.15) is 5.75 Å². The van der Waals surface area contributed by atoms with Crippen molar-refractivity contribution >= 4 is 16.8 Å². The normalized spacial score (nSPS) is 12.3. The quantitative estimate of drug-likeness (QED) is 0.771. The number of aromatic amines is 1. The molecule has 0 saturated heterocycles. The van der Waals surface area contributed by atoms with E-state index < -0.39 is 5.76 Å². The maximum atomic E-state index is 11.2. The number of H-pyrrole nitrogens is 1. The summed E-state index contributed by atoms with van der Waals surface area (Å²) in [7, 11) is 1.66. The van der Waals surface area contributed by atoms with E-state index in [9.17, 15) is 4.79 Å². The molecule has 108 valence electrons. The van der Waals surface area contributed by atoms with Crippen molar-refractivity contribution in [1.82, 2.24) is 4.98 Å². The van der Waals surface area contributed by atoms with E-state index >= 15 is 0 Å². The van der Waals surface area contributed by atoms with E-state index in [4.69, 9.17) is 9.15 Å². The van der Waals surface area contributed by atoms with Crippen molar-refractivity contribution < 1.29 is 9.15 Å². The average molecular weight is 284 g/mol. The summed E-state index contributed by atoms with van der Waals surface area (Å²) in [5.74, 6) is 0.398. The summed E-state index contributed by atoms with van der Waals surface area (Å²) in [6.45, 7) is 2.06. The molecule has 0 radical (unpaired) electrons. The number of hydrogen-bond acceptors (Lipinski definition) is 4. The molecule has 2 N–H and O–H groups in total. The highest BCUT2D eigenvalue weighted by molar-refractivity contribution is 5.76. The molecule has 0 aliphatic heterocycles. The highest BCUT2D eigenvalue weighted by Crippen LogP contribution is 2.28. The van der Waals surface area contributed by atoms with Crippen LogP contribution in [0, 0.1) is 0 Å². The Balaban J connectivity index is 1.88. The third-order valence-corrected chi connectivity index (χ3v) is 3.41. The van der Waals surface area contributed by atoms with Crippen LogP contribution in [0.4, 0.5) is 5.69 Å². The largest absolute Gasteiger partial charge is 0.496 e. The zero-order valence-corrected chi connectivity index (χ0v) is 11.8. The van der Waals surface area contributed by atoms with Gasteiger partial charge in [0.2, 0.25) is 0 Å². The smallest absolute Gasteiger partial charge is 0.417 e. The zero-order valence-electron chi connectivity index (χ0n) is 11.8. The summed E-state index contributed by atoms with van der Waals surface area (Å²) in [6, 6.07) is 13.4. The van der Waals surface area contributed by atoms with Gasteiger partial charge in [-0.15, -0.1) is 0 Å². The van der Waals surface area contributed by atoms with Crippen LogP contribution in [0.1, 0.15) is 18.5 Å². The molecular formula is C16H16N2O3. The van der Waals surface area contributed by atoms with Crippen molar-refractivity contribution in [2.45, 2.75) is 13.0 Å². The van der Waals surface area contributed by atoms with Crippen LogP contribution < -0.4 is 15.8 Å². The number of nitrogens with one attached hydrogen (secondary N) is 2. The molecule has 5 nitrogen and oxygen atoms in total. The van der Waals surface area contributed by atoms with Crippen LogP contribution in [0.5, 0.6) is 5.75 Å². The van der Waals surface area contributed by atoms with E-state index in [-0.39, 0.29) is 6.04 Å². The minimum Gasteiger partial charge on any atom is -0.496 e. The lowest BCUT2D eigenvalue weighted by Gasteiger charge is -2.18. The SMILES string of the molecule is COc1ccccc1C(C)Nc1ccc2oc(=O)[nH]c2c1. The van der Waals surface area contributed by atoms with Gasteiger partial charge in [-0.05, 0) is 31.2 Å². The van der Waals surface area contributed by atoms with Crippen LogP contribution >= 0.6 is 0 Å². The van der Waals surface area contributed by atoms with Crippen molar-refractivity contribution in [3.05, 3.63) is 58.6 Å². The molecule has 2 aromatic carbocycles. The topological polar surface area (TPSA) is 67.3 Å². The highest BCUT2D eigenvalue weighted by Gasteiger charge is 2.11. The van der Waals surface area contributed by atoms with Crippen molar-refractivity contribution in [1.29, 1.82) is 0 Å². The standard InChI is InChI=1S/C16H16N2O3/c1-10(12-5-3-4-6-14(12)20-2)17-11-7-8-15-13(9-11)18-16(19)21-15/h3-10,17H,1-2H3,(H,18,19). The van der Waals surface area contributed by atoms with Crippen molar-refractivity contribution in [2.24, 2.45) is 0 Å². The van der Waals surface area contributed by atoms with E-state index in [0.717, 1.165) is 17.0 Å². The molecule has 21 heavy (non-hydrogen) atoms. The van der Waals surface area contributed by atoms with E-state index in [1.54, 1.807) is 13.2 Å². The number of ether oxygens (including phenoxy) is 1. The number of fused-ring (bicyclic) bond motifs is 1. The van der Waals surface area contributed by atoms with E-state index in [2.05, 4.69) is 17.2 Å². The predicted molar refractivity (Wildman–Crippen MR) is 81.9 cm³/mol. The number of methoxy groups -OCH3 is 1. The molecule has 0 saturated carbocycles. The number of rotatable bonds is 4. The highest BCUT2D eigenvalue weighted by atomic mass is 16.5. The van der Waals surface area contributed by atoms with Crippen LogP contribution in [-0.2, 0) is 0 Å². The summed E-state index contributed by atoms with van der Waals surface area (Å²) in [4.78, 5) is 13.8. The van der Waals surface area contributed by atoms with Crippen LogP contribution in [0.2, 0.25) is 0 Å². The summed E-state index contributed by atoms with van der Waals surface area (Å²) < 4.78 is 10.4. The second-order valence-corrected chi connectivity index (χ2v) is 4.83. The van der Waals surface area contributed by atoms with Gasteiger partial charge in [-0.3, -0.25) is 4.98 Å². The Kier molecular flexibility index (Phi) is 3.39. The maximum absolute atomic E-state index is 11.2. The third-order valence-electron chi connectivity index (χ3n) is 3.41. The monoisotopic (exact) mass is 284 g/mol. The van der Waals surface area contributed by atoms with Crippen LogP contribution in [0.15, 0.2) is 51.7 Å². The van der Waals surface area contributed by atoms with Crippen molar-refractivity contribution in [2.75, 3.05) is 12.4 Å². The Morgan fingerprint density at radius 2 is 2.05 bits per heavy atom. The molecule has 0 bridgehead atoms. The zero-order chi connectivity index (χ0) is 14.8. The Labute approximate surface area is 121 Å². The molecule has 1 unspecified atom stereocenters. The van der Waals surface area contributed by atoms with Gasteiger partial charge in [0.25, 0.3) is 0 Å². The van der Waals surface area contributed by atoms with Gasteiger partial charge in [0.05, 0.1) is 18.7 Å². The molecule has 3 rings (SSSR count). The van der Waals surface area contributed by atoms with Crippen LogP contribution in [-0.4, -0.2) is 12.1 Å². The van der Waals surface area contributed by atoms with Crippen LogP contribution in [0.3, 0.4) is 0 Å². The lowest BCUT2D eigenvalue weighted by atomic mass is 10.1. The first kappa shape index (κ1) is 13.3. The predicted octanol–water partition coefficient (Wildman–Crippen LogP) is 3.30. The fourth-order valence-electron chi connectivity index (χ4n) is 2.39. The maximum Gasteiger partial charge on any atom is 0.417 e. The summed E-state index contributed by atoms with van der Waals surface area (Å²) in [5.41, 5.74) is 3.20. The molecule has 1 heterocycles. The molecule has 1 aromatic heterocycles. The molecule has 0 amide bonds. The summed E-state index contributed by atoms with van der Waals surface area (Å²) in [6.07, 6.45) is 0. The molecule has 0 fully saturated rings. The Morgan fingerprint density at radius 3 is 2.86 bits per heavy atom. The minimum absolute atomic E-state index is 0.0669. The van der Waals surface area contributed by atoms with Crippen LogP contribution in [0.25, 0.3) is 11.1 Å². The first-order valence-corrected chi connectivity index (χ1v) is 6.69. The van der Waals surface area contributed by atoms with Gasteiger partial charge < -0.3 is 14.5 Å². The molecule has 0 aliphatic carbocycles. The summed E-state index contributed by atoms with van der Waals surface area (Å²) >= 11 is 0. The minimum atomic E-state index is -0.445. The second kappa shape index (κ2) is 5.36. The third kappa shape index (κ3) is 2.63. The molecular weight excluding hydrogens is 268 g/mol. The number of hydrogen-bond donors (Lipinski definition) is 2. The second-order valence-electron chi connectivity index (χ2n) is 4.83. The van der Waals surface area contributed by atoms with Gasteiger partial charge in [0, 0.05) is 11.3 Å². The summed E-state index contributed by atoms with van der Waals surface area (Å²) in [5, 5.41) is 3.39. The van der Waals surface area contributed by atoms with Gasteiger partial charge in [-0.25, -0.2) is 4.79 Å². The van der Waals surface area contributed by atoms with Gasteiger partial charge >= 0.3 is 5.76 Å². The molecule has 3 aromatic rings. The van der Waals surface area contributed by atoms with E-state index in [1.165, 1.54) is 0 Å². The Hall–Kier alpha value is -2.69. The molecule has 5 heteroatoms. The van der Waals surface area contributed by atoms with Gasteiger partial charge in [-0.2, -0.15) is 0 Å². The first-order valence-electron chi connectivity index (χ1n) is 6.69. The Bertz CT molecular complexity index is 820. The average Bonchev–Trinajstić information content (AvgIpc) is 2.86. The van der Waals surface area contributed by atoms with Crippen molar-refractivity contribution in [3.8, 4) is 5.75 Å². The van der Waals surface area contributed by atoms with Gasteiger partial charge in [0.15, 0.2) is 5.58 Å². The first-order chi connectivity index (χ1) is 10.2.